The van der Waals surface area contributed by atoms with E-state index in [4.69, 9.17) is 0 Å². The Morgan fingerprint density at radius 1 is 0.586 bits per heavy atom. The summed E-state index contributed by atoms with van der Waals surface area (Å²) in [7, 11) is -1.92. The fourth-order valence-corrected chi connectivity index (χ4v) is 8.04. The van der Waals surface area contributed by atoms with Crippen molar-refractivity contribution in [3.8, 4) is 0 Å². The van der Waals surface area contributed by atoms with E-state index in [-0.39, 0.29) is 17.0 Å². The normalized spacial score (nSPS) is 10.8. The van der Waals surface area contributed by atoms with Gasteiger partial charge < -0.3 is 17.0 Å². The van der Waals surface area contributed by atoms with Crippen molar-refractivity contribution in [1.82, 2.24) is 0 Å². The van der Waals surface area contributed by atoms with Gasteiger partial charge in [-0.1, -0.05) is 72.8 Å². The van der Waals surface area contributed by atoms with E-state index in [9.17, 15) is 4.79 Å². The zero-order valence-corrected chi connectivity index (χ0v) is 18.5. The van der Waals surface area contributed by atoms with E-state index in [1.54, 1.807) is 0 Å². The second-order valence-corrected chi connectivity index (χ2v) is 10.3. The first kappa shape index (κ1) is 21.2. The summed E-state index contributed by atoms with van der Waals surface area (Å²) in [5, 5.41) is 4.05. The minimum absolute atomic E-state index is 0. The lowest BCUT2D eigenvalue weighted by Crippen LogP contribution is -3.00. The average molecular weight is 461 g/mol. The van der Waals surface area contributed by atoms with Crippen molar-refractivity contribution in [2.45, 2.75) is 6.16 Å². The Morgan fingerprint density at radius 3 is 1.45 bits per heavy atom. The van der Waals surface area contributed by atoms with Gasteiger partial charge in [-0.2, -0.15) is 0 Å². The molecule has 0 heterocycles. The van der Waals surface area contributed by atoms with Crippen LogP contribution in [0.2, 0.25) is 0 Å². The largest absolute Gasteiger partial charge is 1.00 e. The Bertz CT molecular complexity index is 953. The zero-order chi connectivity index (χ0) is 19.2. The molecule has 0 aliphatic heterocycles. The van der Waals surface area contributed by atoms with Gasteiger partial charge in [-0.25, -0.2) is 0 Å². The van der Waals surface area contributed by atoms with Crippen LogP contribution in [0.15, 0.2) is 115 Å². The van der Waals surface area contributed by atoms with E-state index in [1.165, 1.54) is 21.5 Å². The van der Waals surface area contributed by atoms with Crippen LogP contribution in [0.3, 0.4) is 0 Å². The van der Waals surface area contributed by atoms with Crippen molar-refractivity contribution in [3.05, 3.63) is 126 Å². The quantitative estimate of drug-likeness (QED) is 0.317. The topological polar surface area (TPSA) is 17.1 Å². The highest BCUT2D eigenvalue weighted by molar-refractivity contribution is 7.95. The first-order valence-electron chi connectivity index (χ1n) is 9.42. The van der Waals surface area contributed by atoms with Gasteiger partial charge in [0.05, 0.1) is 6.16 Å². The SMILES string of the molecule is O=Cc1cccc(C[P+](c2ccccc2)(c2ccccc2)c2ccccc2)c1.[Br-]. The molecule has 0 N–H and O–H groups in total. The predicted octanol–water partition coefficient (Wildman–Crippen LogP) is 2.00. The molecule has 0 atom stereocenters. The number of carbonyl (C=O) groups excluding carboxylic acids is 1. The molecule has 0 bridgehead atoms. The molecule has 0 aromatic heterocycles. The van der Waals surface area contributed by atoms with Crippen LogP contribution in [0.5, 0.6) is 0 Å². The summed E-state index contributed by atoms with van der Waals surface area (Å²) in [4.78, 5) is 11.3. The summed E-state index contributed by atoms with van der Waals surface area (Å²) in [5.74, 6) is 0. The number of benzene rings is 4. The number of rotatable bonds is 6. The van der Waals surface area contributed by atoms with E-state index in [0.717, 1.165) is 18.0 Å². The lowest BCUT2D eigenvalue weighted by Gasteiger charge is -2.28. The van der Waals surface area contributed by atoms with Crippen molar-refractivity contribution < 1.29 is 21.8 Å². The predicted molar refractivity (Wildman–Crippen MR) is 121 cm³/mol. The fraction of sp³-hybridized carbons (Fsp3) is 0.0385. The van der Waals surface area contributed by atoms with Gasteiger partial charge in [-0.3, -0.25) is 4.79 Å². The summed E-state index contributed by atoms with van der Waals surface area (Å²) < 4.78 is 0. The van der Waals surface area contributed by atoms with Gasteiger partial charge >= 0.3 is 0 Å². The monoisotopic (exact) mass is 460 g/mol. The van der Waals surface area contributed by atoms with Gasteiger partial charge in [0.2, 0.25) is 0 Å². The van der Waals surface area contributed by atoms with Crippen LogP contribution in [-0.2, 0) is 6.16 Å². The lowest BCUT2D eigenvalue weighted by atomic mass is 10.2. The second kappa shape index (κ2) is 9.78. The molecular weight excluding hydrogens is 439 g/mol. The molecule has 0 spiro atoms. The second-order valence-electron chi connectivity index (χ2n) is 6.84. The third-order valence-corrected chi connectivity index (χ3v) is 9.48. The number of hydrogen-bond acceptors (Lipinski definition) is 1. The van der Waals surface area contributed by atoms with Crippen LogP contribution in [0.1, 0.15) is 15.9 Å². The number of hydrogen-bond donors (Lipinski definition) is 0. The summed E-state index contributed by atoms with van der Waals surface area (Å²) in [6, 6.07) is 40.4. The van der Waals surface area contributed by atoms with E-state index in [1.807, 2.05) is 18.2 Å². The molecule has 4 rings (SSSR count). The van der Waals surface area contributed by atoms with Crippen LogP contribution in [0, 0.1) is 0 Å². The standard InChI is InChI=1S/C26H22OP.BrH/c27-20-22-11-10-12-23(19-22)21-28(24-13-4-1-5-14-24,25-15-6-2-7-16-25)26-17-8-3-9-18-26;/h1-20H,21H2;1H/q+1;/p-1. The summed E-state index contributed by atoms with van der Waals surface area (Å²) in [6.07, 6.45) is 1.81. The van der Waals surface area contributed by atoms with Crippen LogP contribution in [0.4, 0.5) is 0 Å². The van der Waals surface area contributed by atoms with Crippen molar-refractivity contribution >= 4 is 29.5 Å². The number of carbonyl (C=O) groups is 1. The number of halogens is 1. The summed E-state index contributed by atoms with van der Waals surface area (Å²) in [5.41, 5.74) is 1.92. The highest BCUT2D eigenvalue weighted by Gasteiger charge is 2.45. The van der Waals surface area contributed by atoms with Crippen LogP contribution >= 0.6 is 7.26 Å². The molecule has 0 saturated carbocycles. The highest BCUT2D eigenvalue weighted by Crippen LogP contribution is 2.58. The van der Waals surface area contributed by atoms with Crippen molar-refractivity contribution in [1.29, 1.82) is 0 Å². The lowest BCUT2D eigenvalue weighted by molar-refractivity contribution is -0.0000118. The van der Waals surface area contributed by atoms with Crippen LogP contribution < -0.4 is 32.9 Å². The molecule has 4 aromatic rings. The minimum atomic E-state index is -1.92. The molecule has 0 aliphatic carbocycles. The van der Waals surface area contributed by atoms with Crippen molar-refractivity contribution in [2.24, 2.45) is 0 Å². The van der Waals surface area contributed by atoms with Crippen molar-refractivity contribution in [3.63, 3.8) is 0 Å². The molecule has 0 aliphatic rings. The molecule has 0 saturated heterocycles. The maximum absolute atomic E-state index is 11.3. The van der Waals surface area contributed by atoms with Gasteiger partial charge in [0, 0.05) is 5.56 Å². The molecule has 0 unspecified atom stereocenters. The molecule has 3 heteroatoms. The summed E-state index contributed by atoms with van der Waals surface area (Å²) in [6.45, 7) is 0. The molecular formula is C26H22BrOP. The van der Waals surface area contributed by atoms with E-state index >= 15 is 0 Å². The Labute approximate surface area is 183 Å². The van der Waals surface area contributed by atoms with E-state index in [2.05, 4.69) is 97.1 Å². The van der Waals surface area contributed by atoms with Crippen molar-refractivity contribution in [2.75, 3.05) is 0 Å². The number of aldehydes is 1. The van der Waals surface area contributed by atoms with Gasteiger partial charge in [0.25, 0.3) is 0 Å². The van der Waals surface area contributed by atoms with E-state index < -0.39 is 7.26 Å². The molecule has 0 radical (unpaired) electrons. The minimum Gasteiger partial charge on any atom is -1.00 e. The third kappa shape index (κ3) is 4.40. The Kier molecular flexibility index (Phi) is 7.14. The first-order valence-corrected chi connectivity index (χ1v) is 11.4. The maximum atomic E-state index is 11.3. The molecule has 0 amide bonds. The molecule has 0 fully saturated rings. The zero-order valence-electron chi connectivity index (χ0n) is 16.0. The molecule has 144 valence electrons. The fourth-order valence-electron chi connectivity index (χ4n) is 3.81. The van der Waals surface area contributed by atoms with Gasteiger partial charge in [-0.05, 0) is 48.0 Å². The molecule has 29 heavy (non-hydrogen) atoms. The van der Waals surface area contributed by atoms with Gasteiger partial charge in [0.15, 0.2) is 0 Å². The third-order valence-electron chi connectivity index (χ3n) is 5.10. The first-order chi connectivity index (χ1) is 13.8. The Morgan fingerprint density at radius 2 is 1.03 bits per heavy atom. The van der Waals surface area contributed by atoms with Crippen LogP contribution in [0.25, 0.3) is 0 Å². The molecule has 1 nitrogen and oxygen atoms in total. The Balaban J connectivity index is 0.00000240. The van der Waals surface area contributed by atoms with Crippen LogP contribution in [-0.4, -0.2) is 6.29 Å². The maximum Gasteiger partial charge on any atom is 0.150 e. The van der Waals surface area contributed by atoms with Gasteiger partial charge in [0.1, 0.15) is 29.5 Å². The van der Waals surface area contributed by atoms with Gasteiger partial charge in [-0.15, -0.1) is 0 Å². The Hall–Kier alpha value is -2.54. The highest BCUT2D eigenvalue weighted by atomic mass is 79.9. The summed E-state index contributed by atoms with van der Waals surface area (Å²) >= 11 is 0. The van der Waals surface area contributed by atoms with E-state index in [0.29, 0.717) is 0 Å². The smallest absolute Gasteiger partial charge is 0.150 e. The average Bonchev–Trinajstić information content (AvgIpc) is 2.79. The molecule has 4 aromatic carbocycles.